The van der Waals surface area contributed by atoms with E-state index < -0.39 is 14.2 Å². The van der Waals surface area contributed by atoms with Gasteiger partial charge in [-0.15, -0.1) is 11.5 Å². The Balaban J connectivity index is 3.45. The second-order valence-electron chi connectivity index (χ2n) is 12.1. The van der Waals surface area contributed by atoms with Crippen molar-refractivity contribution in [1.29, 1.82) is 0 Å². The average molecular weight is 523 g/mol. The van der Waals surface area contributed by atoms with E-state index in [1.165, 1.54) is 64.2 Å². The Hall–Kier alpha value is -0.633. The molecule has 1 N–H and O–H groups in total. The van der Waals surface area contributed by atoms with Gasteiger partial charge in [-0.1, -0.05) is 111 Å². The fraction of sp³-hybridized carbons (Fsp3) is 0.906. The van der Waals surface area contributed by atoms with Gasteiger partial charge in [0.2, 0.25) is 0 Å². The Morgan fingerprint density at radius 3 is 1.81 bits per heavy atom. The van der Waals surface area contributed by atoms with Crippen molar-refractivity contribution in [3.05, 3.63) is 0 Å². The second kappa shape index (κ2) is 23.5. The van der Waals surface area contributed by atoms with Gasteiger partial charge in [0, 0.05) is 26.4 Å². The maximum atomic E-state index is 12.2. The number of rotatable bonds is 24. The summed E-state index contributed by atoms with van der Waals surface area (Å²) < 4.78 is 5.51. The van der Waals surface area contributed by atoms with Gasteiger partial charge in [-0.2, -0.15) is 0 Å². The first-order chi connectivity index (χ1) is 17.2. The third-order valence-corrected chi connectivity index (χ3v) is 8.15. The van der Waals surface area contributed by atoms with Crippen LogP contribution in [0.3, 0.4) is 0 Å². The minimum atomic E-state index is -1.17. The molecule has 3 nitrogen and oxygen atoms in total. The molecule has 0 bridgehead atoms. The van der Waals surface area contributed by atoms with Crippen molar-refractivity contribution in [1.82, 2.24) is 0 Å². The molecule has 0 aliphatic heterocycles. The highest BCUT2D eigenvalue weighted by atomic mass is 28.3. The van der Waals surface area contributed by atoms with Crippen LogP contribution in [0.2, 0.25) is 19.6 Å². The summed E-state index contributed by atoms with van der Waals surface area (Å²) >= 11 is 0. The number of hydrogen-bond acceptors (Lipinski definition) is 3. The summed E-state index contributed by atoms with van der Waals surface area (Å²) in [4.78, 5) is 12.2. The van der Waals surface area contributed by atoms with Gasteiger partial charge in [0.15, 0.2) is 0 Å². The normalized spacial score (nSPS) is 14.2. The quantitative estimate of drug-likeness (QED) is 0.0780. The molecule has 0 rings (SSSR count). The van der Waals surface area contributed by atoms with Crippen LogP contribution >= 0.6 is 0 Å². The van der Waals surface area contributed by atoms with E-state index in [1.54, 1.807) is 7.11 Å². The van der Waals surface area contributed by atoms with Crippen LogP contribution in [0.1, 0.15) is 142 Å². The van der Waals surface area contributed by atoms with Crippen LogP contribution in [0.25, 0.3) is 0 Å². The van der Waals surface area contributed by atoms with Gasteiger partial charge in [-0.05, 0) is 38.0 Å². The molecular weight excluding hydrogens is 460 g/mol. The molecule has 0 radical (unpaired) electrons. The van der Waals surface area contributed by atoms with Crippen LogP contribution in [0.5, 0.6) is 0 Å². The summed E-state index contributed by atoms with van der Waals surface area (Å²) in [5.74, 6) is 4.17. The molecule has 212 valence electrons. The zero-order chi connectivity index (χ0) is 27.1. The lowest BCUT2D eigenvalue weighted by Crippen LogP contribution is -2.19. The zero-order valence-electron chi connectivity index (χ0n) is 25.1. The number of hydrogen-bond donors (Lipinski definition) is 1. The molecule has 3 atom stereocenters. The van der Waals surface area contributed by atoms with Crippen LogP contribution in [0.4, 0.5) is 0 Å². The number of aliphatic hydroxyl groups excluding tert-OH is 1. The number of methoxy groups -OCH3 is 1. The molecule has 36 heavy (non-hydrogen) atoms. The first-order valence-corrected chi connectivity index (χ1v) is 18.9. The van der Waals surface area contributed by atoms with Crippen molar-refractivity contribution in [3.63, 3.8) is 0 Å². The lowest BCUT2D eigenvalue weighted by Gasteiger charge is -2.21. The highest BCUT2D eigenvalue weighted by Crippen LogP contribution is 2.19. The SMILES string of the molecule is CC[C@@H](OC)[C@@H](C)CCCC[C@@H](O)CC(=O)CCCCCCCCCCCCCCC#C[Si](C)(C)C. The van der Waals surface area contributed by atoms with Gasteiger partial charge in [0.25, 0.3) is 0 Å². The van der Waals surface area contributed by atoms with Crippen molar-refractivity contribution in [2.75, 3.05) is 7.11 Å². The topological polar surface area (TPSA) is 46.5 Å². The van der Waals surface area contributed by atoms with Gasteiger partial charge < -0.3 is 9.84 Å². The van der Waals surface area contributed by atoms with Crippen molar-refractivity contribution < 1.29 is 14.6 Å². The van der Waals surface area contributed by atoms with Crippen LogP contribution in [0.15, 0.2) is 0 Å². The maximum absolute atomic E-state index is 12.2. The smallest absolute Gasteiger partial charge is 0.135 e. The predicted molar refractivity (Wildman–Crippen MR) is 160 cm³/mol. The standard InChI is InChI=1S/C32H62O3Si/c1-7-32(35-3)29(2)24-21-22-26-31(34)28-30(33)25-20-18-16-14-12-10-8-9-11-13-15-17-19-23-27-36(4,5)6/h29,31-32,34H,7-22,24-26,28H2,1-6H3/t29-,31+,32+/m0/s1. The lowest BCUT2D eigenvalue weighted by molar-refractivity contribution is -0.121. The van der Waals surface area contributed by atoms with E-state index >= 15 is 0 Å². The van der Waals surface area contributed by atoms with Crippen LogP contribution in [0, 0.1) is 17.4 Å². The molecule has 4 heteroatoms. The molecule has 0 aliphatic rings. The summed E-state index contributed by atoms with van der Waals surface area (Å²) in [7, 11) is 0.615. The fourth-order valence-electron chi connectivity index (χ4n) is 4.93. The summed E-state index contributed by atoms with van der Waals surface area (Å²) in [5, 5.41) is 10.2. The second-order valence-corrected chi connectivity index (χ2v) is 16.9. The summed E-state index contributed by atoms with van der Waals surface area (Å²) in [5.41, 5.74) is 3.45. The van der Waals surface area contributed by atoms with E-state index in [0.717, 1.165) is 51.4 Å². The Bertz CT molecular complexity index is 568. The molecule has 0 saturated carbocycles. The van der Waals surface area contributed by atoms with E-state index in [2.05, 4.69) is 45.0 Å². The minimum Gasteiger partial charge on any atom is -0.393 e. The first kappa shape index (κ1) is 35.4. The summed E-state index contributed by atoms with van der Waals surface area (Å²) in [6, 6.07) is 0. The van der Waals surface area contributed by atoms with E-state index in [4.69, 9.17) is 4.74 Å². The molecule has 0 amide bonds. The monoisotopic (exact) mass is 522 g/mol. The molecule has 0 unspecified atom stereocenters. The predicted octanol–water partition coefficient (Wildman–Crippen LogP) is 9.27. The van der Waals surface area contributed by atoms with E-state index in [1.807, 2.05) is 0 Å². The number of Topliss-reactive ketones (excluding diaryl/α,β-unsaturated/α-hetero) is 1. The third kappa shape index (κ3) is 23.7. The molecule has 0 saturated heterocycles. The zero-order valence-corrected chi connectivity index (χ0v) is 26.1. The maximum Gasteiger partial charge on any atom is 0.135 e. The average Bonchev–Trinajstić information content (AvgIpc) is 2.81. The third-order valence-electron chi connectivity index (χ3n) is 7.22. The van der Waals surface area contributed by atoms with Crippen LogP contribution < -0.4 is 0 Å². The van der Waals surface area contributed by atoms with Crippen molar-refractivity contribution in [2.45, 2.75) is 174 Å². The first-order valence-electron chi connectivity index (χ1n) is 15.4. The largest absolute Gasteiger partial charge is 0.393 e. The van der Waals surface area contributed by atoms with Gasteiger partial charge in [-0.25, -0.2) is 0 Å². The molecule has 0 aliphatic carbocycles. The van der Waals surface area contributed by atoms with E-state index in [9.17, 15) is 9.90 Å². The number of ether oxygens (including phenoxy) is 1. The van der Waals surface area contributed by atoms with Gasteiger partial charge >= 0.3 is 0 Å². The number of carbonyl (C=O) groups excluding carboxylic acids is 1. The Morgan fingerprint density at radius 1 is 0.806 bits per heavy atom. The molecule has 0 heterocycles. The lowest BCUT2D eigenvalue weighted by atomic mass is 9.94. The Kier molecular flexibility index (Phi) is 23.1. The van der Waals surface area contributed by atoms with E-state index in [-0.39, 0.29) is 5.78 Å². The molecule has 0 aromatic carbocycles. The van der Waals surface area contributed by atoms with Gasteiger partial charge in [0.1, 0.15) is 13.9 Å². The van der Waals surface area contributed by atoms with Crippen LogP contribution in [-0.2, 0) is 9.53 Å². The van der Waals surface area contributed by atoms with Crippen molar-refractivity contribution in [3.8, 4) is 11.5 Å². The molecule has 0 aromatic rings. The van der Waals surface area contributed by atoms with Gasteiger partial charge in [0.05, 0.1) is 12.2 Å². The van der Waals surface area contributed by atoms with E-state index in [0.29, 0.717) is 24.9 Å². The summed E-state index contributed by atoms with van der Waals surface area (Å²) in [6.45, 7) is 11.3. The number of carbonyl (C=O) groups is 1. The Labute approximate surface area is 227 Å². The summed E-state index contributed by atoms with van der Waals surface area (Å²) in [6.07, 6.45) is 22.4. The highest BCUT2D eigenvalue weighted by Gasteiger charge is 2.15. The number of aliphatic hydroxyl groups is 1. The molecule has 0 fully saturated rings. The highest BCUT2D eigenvalue weighted by molar-refractivity contribution is 6.83. The van der Waals surface area contributed by atoms with Crippen LogP contribution in [-0.4, -0.2) is 38.3 Å². The van der Waals surface area contributed by atoms with Crippen molar-refractivity contribution >= 4 is 13.9 Å². The van der Waals surface area contributed by atoms with Gasteiger partial charge in [-0.3, -0.25) is 4.79 Å². The fourth-order valence-corrected chi connectivity index (χ4v) is 5.59. The van der Waals surface area contributed by atoms with Crippen molar-refractivity contribution in [2.24, 2.45) is 5.92 Å². The minimum absolute atomic E-state index is 0.240. The molecule has 0 spiro atoms. The molecule has 0 aromatic heterocycles. The Morgan fingerprint density at radius 2 is 1.31 bits per heavy atom. The number of ketones is 1. The number of unbranched alkanes of at least 4 members (excludes halogenated alkanes) is 13. The molecular formula is C32H62O3Si.